The second kappa shape index (κ2) is 8.60. The van der Waals surface area contributed by atoms with E-state index in [4.69, 9.17) is 0 Å². The van der Waals surface area contributed by atoms with Crippen LogP contribution in [0.5, 0.6) is 0 Å². The predicted molar refractivity (Wildman–Crippen MR) is 98.9 cm³/mol. The normalized spacial score (nSPS) is 13.9. The van der Waals surface area contributed by atoms with Gasteiger partial charge in [0.05, 0.1) is 17.8 Å². The number of nitrogens with zero attached hydrogens (tertiary/aromatic N) is 2. The summed E-state index contributed by atoms with van der Waals surface area (Å²) < 4.78 is 27.4. The van der Waals surface area contributed by atoms with Gasteiger partial charge in [0, 0.05) is 26.2 Å². The number of rotatable bonds is 5. The summed E-state index contributed by atoms with van der Waals surface area (Å²) in [6, 6.07) is 11.6. The van der Waals surface area contributed by atoms with Crippen LogP contribution in [0.4, 0.5) is 14.5 Å². The second-order valence-corrected chi connectivity index (χ2v) is 6.31. The van der Waals surface area contributed by atoms with Gasteiger partial charge >= 0.3 is 0 Å². The zero-order chi connectivity index (χ0) is 20.1. The van der Waals surface area contributed by atoms with E-state index in [1.807, 2.05) is 4.90 Å². The second-order valence-electron chi connectivity index (χ2n) is 6.31. The lowest BCUT2D eigenvalue weighted by Crippen LogP contribution is -2.51. The van der Waals surface area contributed by atoms with Crippen LogP contribution in [0.25, 0.3) is 0 Å². The molecule has 0 atom stereocenters. The lowest BCUT2D eigenvalue weighted by Gasteiger charge is -2.36. The maximum atomic E-state index is 13.9. The molecule has 0 saturated carbocycles. The first-order valence-corrected chi connectivity index (χ1v) is 8.81. The minimum absolute atomic E-state index is 0.318. The highest BCUT2D eigenvalue weighted by Gasteiger charge is 2.24. The zero-order valence-corrected chi connectivity index (χ0v) is 15.0. The van der Waals surface area contributed by atoms with E-state index < -0.39 is 17.5 Å². The first-order chi connectivity index (χ1) is 13.5. The van der Waals surface area contributed by atoms with Gasteiger partial charge in [-0.2, -0.15) is 0 Å². The number of hydrogen-bond donors (Lipinski definition) is 1. The third-order valence-electron chi connectivity index (χ3n) is 4.55. The number of ketones is 1. The Labute approximate surface area is 160 Å². The molecule has 1 fully saturated rings. The molecule has 1 aliphatic heterocycles. The van der Waals surface area contributed by atoms with E-state index in [9.17, 15) is 23.2 Å². The molecule has 8 heteroatoms. The molecular formula is C20H19F2N3O3. The van der Waals surface area contributed by atoms with Crippen LogP contribution >= 0.6 is 0 Å². The van der Waals surface area contributed by atoms with Crippen LogP contribution in [0.2, 0.25) is 0 Å². The van der Waals surface area contributed by atoms with E-state index in [-0.39, 0.29) is 23.8 Å². The molecule has 1 saturated heterocycles. The molecule has 0 aliphatic carbocycles. The summed E-state index contributed by atoms with van der Waals surface area (Å²) in [6.45, 7) is 1.27. The van der Waals surface area contributed by atoms with Gasteiger partial charge in [-0.15, -0.1) is 0 Å². The van der Waals surface area contributed by atoms with Crippen molar-refractivity contribution in [2.24, 2.45) is 0 Å². The first kappa shape index (κ1) is 19.5. The summed E-state index contributed by atoms with van der Waals surface area (Å²) in [6.07, 6.45) is 0. The number of carbonyl (C=O) groups is 3. The molecular weight excluding hydrogens is 368 g/mol. The maximum Gasteiger partial charge on any atom is 0.292 e. The molecule has 146 valence electrons. The van der Waals surface area contributed by atoms with Crippen LogP contribution in [0, 0.1) is 11.6 Å². The minimum Gasteiger partial charge on any atom is -0.366 e. The van der Waals surface area contributed by atoms with Crippen molar-refractivity contribution in [3.63, 3.8) is 0 Å². The van der Waals surface area contributed by atoms with Gasteiger partial charge in [-0.1, -0.05) is 24.3 Å². The fourth-order valence-corrected chi connectivity index (χ4v) is 3.02. The van der Waals surface area contributed by atoms with Crippen molar-refractivity contribution in [3.8, 4) is 0 Å². The molecule has 1 aliphatic rings. The Kier molecular flexibility index (Phi) is 5.98. The zero-order valence-electron chi connectivity index (χ0n) is 15.0. The molecule has 0 bridgehead atoms. The molecule has 1 N–H and O–H groups in total. The van der Waals surface area contributed by atoms with Gasteiger partial charge in [0.1, 0.15) is 11.6 Å². The van der Waals surface area contributed by atoms with Gasteiger partial charge in [0.2, 0.25) is 5.91 Å². The number of anilines is 1. The average Bonchev–Trinajstić information content (AvgIpc) is 2.72. The van der Waals surface area contributed by atoms with Crippen molar-refractivity contribution in [3.05, 3.63) is 65.7 Å². The van der Waals surface area contributed by atoms with Crippen LogP contribution in [0.15, 0.2) is 48.5 Å². The summed E-state index contributed by atoms with van der Waals surface area (Å²) in [5.74, 6) is -3.54. The van der Waals surface area contributed by atoms with Crippen LogP contribution in [0.3, 0.4) is 0 Å². The lowest BCUT2D eigenvalue weighted by atomic mass is 10.1. The SMILES string of the molecule is O=C(NCC(=O)N1CCN(c2ccccc2F)CC1)C(=O)c1ccccc1F. The molecule has 0 unspecified atom stereocenters. The fraction of sp³-hybridized carbons (Fsp3) is 0.250. The predicted octanol–water partition coefficient (Wildman–Crippen LogP) is 1.61. The van der Waals surface area contributed by atoms with Crippen molar-refractivity contribution in [1.29, 1.82) is 0 Å². The van der Waals surface area contributed by atoms with E-state index in [1.165, 1.54) is 29.2 Å². The molecule has 6 nitrogen and oxygen atoms in total. The highest BCUT2D eigenvalue weighted by molar-refractivity contribution is 6.43. The largest absolute Gasteiger partial charge is 0.366 e. The highest BCUT2D eigenvalue weighted by Crippen LogP contribution is 2.20. The number of nitrogens with one attached hydrogen (secondary N) is 1. The van der Waals surface area contributed by atoms with Gasteiger partial charge in [0.15, 0.2) is 0 Å². The number of benzene rings is 2. The standard InChI is InChI=1S/C20H19F2N3O3/c21-15-6-2-1-5-14(15)19(27)20(28)23-13-18(26)25-11-9-24(10-12-25)17-8-4-3-7-16(17)22/h1-8H,9-13H2,(H,23,28). The monoisotopic (exact) mass is 387 g/mol. The Morgan fingerprint density at radius 1 is 0.857 bits per heavy atom. The molecule has 0 aromatic heterocycles. The number of hydrogen-bond acceptors (Lipinski definition) is 4. The molecule has 2 aromatic rings. The summed E-state index contributed by atoms with van der Waals surface area (Å²) >= 11 is 0. The molecule has 0 spiro atoms. The highest BCUT2D eigenvalue weighted by atomic mass is 19.1. The Morgan fingerprint density at radius 2 is 1.46 bits per heavy atom. The van der Waals surface area contributed by atoms with Gasteiger partial charge in [-0.05, 0) is 24.3 Å². The first-order valence-electron chi connectivity index (χ1n) is 8.81. The van der Waals surface area contributed by atoms with Crippen LogP contribution in [-0.4, -0.2) is 55.2 Å². The Hall–Kier alpha value is -3.29. The van der Waals surface area contributed by atoms with E-state index in [2.05, 4.69) is 5.32 Å². The Morgan fingerprint density at radius 3 is 2.11 bits per heavy atom. The van der Waals surface area contributed by atoms with Crippen LogP contribution in [-0.2, 0) is 9.59 Å². The lowest BCUT2D eigenvalue weighted by molar-refractivity contribution is -0.132. The third-order valence-corrected chi connectivity index (χ3v) is 4.55. The van der Waals surface area contributed by atoms with Crippen molar-refractivity contribution >= 4 is 23.3 Å². The third kappa shape index (κ3) is 4.33. The summed E-state index contributed by atoms with van der Waals surface area (Å²) in [5.41, 5.74) is 0.143. The van der Waals surface area contributed by atoms with E-state index in [0.717, 1.165) is 6.07 Å². The van der Waals surface area contributed by atoms with Gasteiger partial charge in [-0.25, -0.2) is 8.78 Å². The summed E-state index contributed by atoms with van der Waals surface area (Å²) in [4.78, 5) is 39.5. The Balaban J connectivity index is 1.50. The summed E-state index contributed by atoms with van der Waals surface area (Å²) in [7, 11) is 0. The molecule has 2 amide bonds. The van der Waals surface area contributed by atoms with Crippen molar-refractivity contribution in [2.75, 3.05) is 37.6 Å². The molecule has 28 heavy (non-hydrogen) atoms. The van der Waals surface area contributed by atoms with Crippen molar-refractivity contribution in [2.45, 2.75) is 0 Å². The van der Waals surface area contributed by atoms with Crippen LogP contribution in [0.1, 0.15) is 10.4 Å². The number of Topliss-reactive ketones (excluding diaryl/α,β-unsaturated/α-hetero) is 1. The molecule has 1 heterocycles. The average molecular weight is 387 g/mol. The van der Waals surface area contributed by atoms with Crippen molar-refractivity contribution in [1.82, 2.24) is 10.2 Å². The van der Waals surface area contributed by atoms with Crippen LogP contribution < -0.4 is 10.2 Å². The number of para-hydroxylation sites is 1. The molecule has 0 radical (unpaired) electrons. The number of halogens is 2. The Bertz CT molecular complexity index is 896. The number of carbonyl (C=O) groups excluding carboxylic acids is 3. The topological polar surface area (TPSA) is 69.7 Å². The van der Waals surface area contributed by atoms with Gasteiger partial charge < -0.3 is 15.1 Å². The number of amides is 2. The van der Waals surface area contributed by atoms with E-state index in [1.54, 1.807) is 18.2 Å². The number of piperazine rings is 1. The van der Waals surface area contributed by atoms with E-state index in [0.29, 0.717) is 31.9 Å². The molecule has 3 rings (SSSR count). The maximum absolute atomic E-state index is 13.9. The fourth-order valence-electron chi connectivity index (χ4n) is 3.02. The van der Waals surface area contributed by atoms with Gasteiger partial charge in [-0.3, -0.25) is 14.4 Å². The summed E-state index contributed by atoms with van der Waals surface area (Å²) in [5, 5.41) is 2.24. The van der Waals surface area contributed by atoms with Crippen molar-refractivity contribution < 1.29 is 23.2 Å². The van der Waals surface area contributed by atoms with Gasteiger partial charge in [0.25, 0.3) is 11.7 Å². The smallest absolute Gasteiger partial charge is 0.292 e. The minimum atomic E-state index is -1.04. The quantitative estimate of drug-likeness (QED) is 0.625. The van der Waals surface area contributed by atoms with E-state index >= 15 is 0 Å². The molecule has 2 aromatic carbocycles.